The van der Waals surface area contributed by atoms with Gasteiger partial charge in [0.15, 0.2) is 0 Å². The van der Waals surface area contributed by atoms with Crippen LogP contribution in [-0.4, -0.2) is 15.5 Å². The van der Waals surface area contributed by atoms with E-state index in [0.717, 1.165) is 16.8 Å². The van der Waals surface area contributed by atoms with Crippen molar-refractivity contribution in [2.45, 2.75) is 19.4 Å². The second-order valence-corrected chi connectivity index (χ2v) is 6.09. The number of nitrogens with zero attached hydrogens (tertiary/aromatic N) is 2. The summed E-state index contributed by atoms with van der Waals surface area (Å²) in [7, 11) is 0. The Kier molecular flexibility index (Phi) is 4.96. The molecule has 24 heavy (non-hydrogen) atoms. The van der Waals surface area contributed by atoms with Crippen LogP contribution in [0.25, 0.3) is 5.69 Å². The average molecular weight is 340 g/mol. The zero-order valence-electron chi connectivity index (χ0n) is 13.3. The molecular formula is C19H18ClN3O. The molecule has 0 fully saturated rings. The maximum Gasteiger partial charge on any atom is 0.224 e. The molecule has 0 bridgehead atoms. The van der Waals surface area contributed by atoms with Crippen molar-refractivity contribution in [3.63, 3.8) is 0 Å². The van der Waals surface area contributed by atoms with Crippen LogP contribution in [0.1, 0.15) is 24.1 Å². The van der Waals surface area contributed by atoms with Gasteiger partial charge >= 0.3 is 0 Å². The highest BCUT2D eigenvalue weighted by Gasteiger charge is 2.10. The summed E-state index contributed by atoms with van der Waals surface area (Å²) < 4.78 is 1.94. The number of hydrogen-bond donors (Lipinski definition) is 1. The summed E-state index contributed by atoms with van der Waals surface area (Å²) in [5.41, 5.74) is 3.04. The predicted octanol–water partition coefficient (Wildman–Crippen LogP) is 3.95. The van der Waals surface area contributed by atoms with E-state index >= 15 is 0 Å². The lowest BCUT2D eigenvalue weighted by atomic mass is 10.1. The highest BCUT2D eigenvalue weighted by atomic mass is 35.5. The third kappa shape index (κ3) is 4.03. The van der Waals surface area contributed by atoms with Gasteiger partial charge in [-0.2, -0.15) is 0 Å². The van der Waals surface area contributed by atoms with Gasteiger partial charge in [0, 0.05) is 23.1 Å². The zero-order valence-corrected chi connectivity index (χ0v) is 14.1. The van der Waals surface area contributed by atoms with Crippen molar-refractivity contribution in [3.8, 4) is 5.69 Å². The SMILES string of the molecule is CC(NC(=O)Cc1ccc(Cl)cc1)c1ccc(-n2ccnc2)cc1. The van der Waals surface area contributed by atoms with E-state index < -0.39 is 0 Å². The molecule has 0 aliphatic heterocycles. The Morgan fingerprint density at radius 2 is 1.88 bits per heavy atom. The summed E-state index contributed by atoms with van der Waals surface area (Å²) in [5.74, 6) is -0.0106. The Morgan fingerprint density at radius 1 is 1.17 bits per heavy atom. The second kappa shape index (κ2) is 7.32. The Morgan fingerprint density at radius 3 is 2.50 bits per heavy atom. The van der Waals surface area contributed by atoms with E-state index in [-0.39, 0.29) is 11.9 Å². The molecule has 1 N–H and O–H groups in total. The summed E-state index contributed by atoms with van der Waals surface area (Å²) in [6, 6.07) is 15.3. The molecule has 1 atom stereocenters. The largest absolute Gasteiger partial charge is 0.349 e. The fourth-order valence-corrected chi connectivity index (χ4v) is 2.64. The highest BCUT2D eigenvalue weighted by molar-refractivity contribution is 6.30. The van der Waals surface area contributed by atoms with Gasteiger partial charge in [0.2, 0.25) is 5.91 Å². The first-order chi connectivity index (χ1) is 11.6. The standard InChI is InChI=1S/C19H18ClN3O/c1-14(22-19(24)12-15-2-6-17(20)7-3-15)16-4-8-18(9-5-16)23-11-10-21-13-23/h2-11,13-14H,12H2,1H3,(H,22,24). The van der Waals surface area contributed by atoms with Crippen LogP contribution in [0.15, 0.2) is 67.3 Å². The number of hydrogen-bond acceptors (Lipinski definition) is 2. The molecule has 2 aromatic carbocycles. The fourth-order valence-electron chi connectivity index (χ4n) is 2.51. The van der Waals surface area contributed by atoms with Gasteiger partial charge < -0.3 is 9.88 Å². The minimum absolute atomic E-state index is 0.0106. The molecule has 0 spiro atoms. The molecule has 0 radical (unpaired) electrons. The highest BCUT2D eigenvalue weighted by Crippen LogP contribution is 2.16. The van der Waals surface area contributed by atoms with E-state index in [1.807, 2.05) is 54.1 Å². The van der Waals surface area contributed by atoms with Crippen LogP contribution in [0.3, 0.4) is 0 Å². The summed E-state index contributed by atoms with van der Waals surface area (Å²) >= 11 is 5.86. The molecule has 3 rings (SSSR count). The number of amides is 1. The van der Waals surface area contributed by atoms with Crippen molar-refractivity contribution in [3.05, 3.63) is 83.4 Å². The molecule has 5 heteroatoms. The van der Waals surface area contributed by atoms with Crippen LogP contribution in [0, 0.1) is 0 Å². The molecule has 0 saturated carbocycles. The maximum atomic E-state index is 12.2. The molecule has 1 heterocycles. The number of aromatic nitrogens is 2. The summed E-state index contributed by atoms with van der Waals surface area (Å²) in [6.07, 6.45) is 5.74. The number of nitrogens with one attached hydrogen (secondary N) is 1. The molecule has 0 aliphatic rings. The van der Waals surface area contributed by atoms with Crippen molar-refractivity contribution >= 4 is 17.5 Å². The first kappa shape index (κ1) is 16.3. The monoisotopic (exact) mass is 339 g/mol. The van der Waals surface area contributed by atoms with Gasteiger partial charge in [-0.25, -0.2) is 4.98 Å². The van der Waals surface area contributed by atoms with E-state index in [9.17, 15) is 4.79 Å². The number of carbonyl (C=O) groups excluding carboxylic acids is 1. The lowest BCUT2D eigenvalue weighted by molar-refractivity contribution is -0.121. The number of halogens is 1. The van der Waals surface area contributed by atoms with Crippen LogP contribution in [-0.2, 0) is 11.2 Å². The first-order valence-corrected chi connectivity index (χ1v) is 8.12. The Balaban J connectivity index is 1.60. The summed E-state index contributed by atoms with van der Waals surface area (Å²) in [5, 5.41) is 3.69. The third-order valence-corrected chi connectivity index (χ3v) is 4.10. The smallest absolute Gasteiger partial charge is 0.224 e. The average Bonchev–Trinajstić information content (AvgIpc) is 3.11. The van der Waals surface area contributed by atoms with Gasteiger partial charge in [0.05, 0.1) is 18.8 Å². The van der Waals surface area contributed by atoms with Crippen LogP contribution < -0.4 is 5.32 Å². The molecule has 122 valence electrons. The normalized spacial score (nSPS) is 11.9. The fraction of sp³-hybridized carbons (Fsp3) is 0.158. The summed E-state index contributed by atoms with van der Waals surface area (Å²) in [4.78, 5) is 16.2. The minimum atomic E-state index is -0.0540. The van der Waals surface area contributed by atoms with E-state index in [1.165, 1.54) is 0 Å². The Hall–Kier alpha value is -2.59. The number of carbonyl (C=O) groups is 1. The van der Waals surface area contributed by atoms with Gasteiger partial charge in [-0.05, 0) is 42.3 Å². The molecule has 1 unspecified atom stereocenters. The quantitative estimate of drug-likeness (QED) is 0.765. The van der Waals surface area contributed by atoms with Crippen LogP contribution in [0.5, 0.6) is 0 Å². The molecule has 0 aliphatic carbocycles. The van der Waals surface area contributed by atoms with Gasteiger partial charge in [-0.1, -0.05) is 35.9 Å². The van der Waals surface area contributed by atoms with Gasteiger partial charge in [-0.15, -0.1) is 0 Å². The minimum Gasteiger partial charge on any atom is -0.349 e. The lowest BCUT2D eigenvalue weighted by Gasteiger charge is -2.15. The van der Waals surface area contributed by atoms with Crippen molar-refractivity contribution in [2.24, 2.45) is 0 Å². The van der Waals surface area contributed by atoms with Gasteiger partial charge in [0.1, 0.15) is 0 Å². The lowest BCUT2D eigenvalue weighted by Crippen LogP contribution is -2.28. The maximum absolute atomic E-state index is 12.2. The topological polar surface area (TPSA) is 46.9 Å². The van der Waals surface area contributed by atoms with Crippen LogP contribution >= 0.6 is 11.6 Å². The first-order valence-electron chi connectivity index (χ1n) is 7.74. The van der Waals surface area contributed by atoms with Gasteiger partial charge in [0.25, 0.3) is 0 Å². The van der Waals surface area contributed by atoms with Crippen molar-refractivity contribution < 1.29 is 4.79 Å². The van der Waals surface area contributed by atoms with E-state index in [1.54, 1.807) is 24.7 Å². The van der Waals surface area contributed by atoms with Crippen molar-refractivity contribution in [2.75, 3.05) is 0 Å². The zero-order chi connectivity index (χ0) is 16.9. The molecule has 3 aromatic rings. The molecule has 1 amide bonds. The molecule has 4 nitrogen and oxygen atoms in total. The van der Waals surface area contributed by atoms with E-state index in [2.05, 4.69) is 10.3 Å². The Labute approximate surface area is 146 Å². The van der Waals surface area contributed by atoms with E-state index in [0.29, 0.717) is 11.4 Å². The molecule has 1 aromatic heterocycles. The molecular weight excluding hydrogens is 322 g/mol. The number of imidazole rings is 1. The predicted molar refractivity (Wildman–Crippen MR) is 95.3 cm³/mol. The Bertz CT molecular complexity index is 796. The van der Waals surface area contributed by atoms with E-state index in [4.69, 9.17) is 11.6 Å². The van der Waals surface area contributed by atoms with Crippen molar-refractivity contribution in [1.82, 2.24) is 14.9 Å². The van der Waals surface area contributed by atoms with Gasteiger partial charge in [-0.3, -0.25) is 4.79 Å². The number of benzene rings is 2. The summed E-state index contributed by atoms with van der Waals surface area (Å²) in [6.45, 7) is 1.98. The second-order valence-electron chi connectivity index (χ2n) is 5.65. The molecule has 0 saturated heterocycles. The number of rotatable bonds is 5. The van der Waals surface area contributed by atoms with Crippen LogP contribution in [0.2, 0.25) is 5.02 Å². The third-order valence-electron chi connectivity index (χ3n) is 3.85. The van der Waals surface area contributed by atoms with Crippen LogP contribution in [0.4, 0.5) is 0 Å². The van der Waals surface area contributed by atoms with Crippen molar-refractivity contribution in [1.29, 1.82) is 0 Å².